The normalized spacial score (nSPS) is 9.60. The summed E-state index contributed by atoms with van der Waals surface area (Å²) < 4.78 is 5.14. The highest BCUT2D eigenvalue weighted by molar-refractivity contribution is 6.04. The van der Waals surface area contributed by atoms with E-state index in [9.17, 15) is 4.79 Å². The minimum atomic E-state index is -0.402. The Morgan fingerprint density at radius 1 is 1.40 bits per heavy atom. The van der Waals surface area contributed by atoms with Gasteiger partial charge in [0.2, 0.25) is 0 Å². The molecule has 1 aromatic carbocycles. The van der Waals surface area contributed by atoms with Crippen molar-refractivity contribution < 1.29 is 9.53 Å². The third-order valence-corrected chi connectivity index (χ3v) is 2.60. The number of pyridine rings is 1. The van der Waals surface area contributed by atoms with Crippen molar-refractivity contribution in [3.05, 3.63) is 47.8 Å². The van der Waals surface area contributed by atoms with E-state index < -0.39 is 5.91 Å². The molecule has 0 aliphatic rings. The van der Waals surface area contributed by atoms with Gasteiger partial charge in [0.05, 0.1) is 24.4 Å². The number of amides is 1. The molecule has 0 atom stereocenters. The van der Waals surface area contributed by atoms with Crippen LogP contribution in [0.4, 0.5) is 11.4 Å². The summed E-state index contributed by atoms with van der Waals surface area (Å²) in [4.78, 5) is 16.0. The lowest BCUT2D eigenvalue weighted by Crippen LogP contribution is -2.14. The Bertz CT molecular complexity index is 692. The highest BCUT2D eigenvalue weighted by Crippen LogP contribution is 2.25. The molecule has 0 fully saturated rings. The highest BCUT2D eigenvalue weighted by Gasteiger charge is 2.11. The van der Waals surface area contributed by atoms with Crippen molar-refractivity contribution in [1.29, 1.82) is 5.26 Å². The van der Waals surface area contributed by atoms with Crippen LogP contribution in [0, 0.1) is 11.3 Å². The average molecular weight is 268 g/mol. The number of hydrogen-bond acceptors (Lipinski definition) is 5. The predicted octanol–water partition coefficient (Wildman–Crippen LogP) is 1.80. The predicted molar refractivity (Wildman–Crippen MR) is 74.3 cm³/mol. The van der Waals surface area contributed by atoms with E-state index in [2.05, 4.69) is 10.3 Å². The summed E-state index contributed by atoms with van der Waals surface area (Å²) in [7, 11) is 1.46. The number of methoxy groups -OCH3 is 1. The number of hydrogen-bond donors (Lipinski definition) is 2. The molecule has 0 aliphatic heterocycles. The van der Waals surface area contributed by atoms with Crippen molar-refractivity contribution in [2.24, 2.45) is 0 Å². The lowest BCUT2D eigenvalue weighted by Gasteiger charge is -2.10. The van der Waals surface area contributed by atoms with Gasteiger partial charge in [-0.25, -0.2) is 0 Å². The van der Waals surface area contributed by atoms with E-state index in [-0.39, 0.29) is 5.69 Å². The van der Waals surface area contributed by atoms with Gasteiger partial charge in [-0.15, -0.1) is 0 Å². The number of aromatic nitrogens is 1. The maximum atomic E-state index is 12.0. The highest BCUT2D eigenvalue weighted by atomic mass is 16.5. The first-order valence-corrected chi connectivity index (χ1v) is 5.75. The van der Waals surface area contributed by atoms with Gasteiger partial charge in [-0.05, 0) is 24.3 Å². The SMILES string of the molecule is COc1cc(C#N)ccc1NC(=O)c1cc(N)ccn1. The van der Waals surface area contributed by atoms with Crippen molar-refractivity contribution in [3.8, 4) is 11.8 Å². The Morgan fingerprint density at radius 3 is 2.85 bits per heavy atom. The second-order valence-corrected chi connectivity index (χ2v) is 3.96. The van der Waals surface area contributed by atoms with Crippen molar-refractivity contribution in [2.45, 2.75) is 0 Å². The smallest absolute Gasteiger partial charge is 0.274 e. The Morgan fingerprint density at radius 2 is 2.20 bits per heavy atom. The molecular formula is C14H12N4O2. The molecular weight excluding hydrogens is 256 g/mol. The van der Waals surface area contributed by atoms with E-state index in [0.717, 1.165) is 0 Å². The summed E-state index contributed by atoms with van der Waals surface area (Å²) in [5.41, 5.74) is 7.17. The number of carbonyl (C=O) groups excluding carboxylic acids is 1. The monoisotopic (exact) mass is 268 g/mol. The average Bonchev–Trinajstić information content (AvgIpc) is 2.47. The molecule has 6 nitrogen and oxygen atoms in total. The summed E-state index contributed by atoms with van der Waals surface area (Å²) >= 11 is 0. The zero-order valence-corrected chi connectivity index (χ0v) is 10.8. The van der Waals surface area contributed by atoms with Crippen LogP contribution in [-0.4, -0.2) is 18.0 Å². The Hall–Kier alpha value is -3.07. The zero-order chi connectivity index (χ0) is 14.5. The quantitative estimate of drug-likeness (QED) is 0.883. The van der Waals surface area contributed by atoms with Crippen LogP contribution in [0.5, 0.6) is 5.75 Å². The van der Waals surface area contributed by atoms with Crippen LogP contribution in [0.3, 0.4) is 0 Å². The van der Waals surface area contributed by atoms with Crippen molar-refractivity contribution >= 4 is 17.3 Å². The van der Waals surface area contributed by atoms with Crippen LogP contribution < -0.4 is 15.8 Å². The van der Waals surface area contributed by atoms with E-state index in [4.69, 9.17) is 15.7 Å². The maximum absolute atomic E-state index is 12.0. The second-order valence-electron chi connectivity index (χ2n) is 3.96. The molecule has 20 heavy (non-hydrogen) atoms. The zero-order valence-electron chi connectivity index (χ0n) is 10.8. The summed E-state index contributed by atoms with van der Waals surface area (Å²) in [5.74, 6) is 0.00149. The number of nitrogens with one attached hydrogen (secondary N) is 1. The number of ether oxygens (including phenoxy) is 1. The van der Waals surface area contributed by atoms with E-state index in [1.54, 1.807) is 24.3 Å². The number of nitrogens with zero attached hydrogens (tertiary/aromatic N) is 2. The molecule has 0 unspecified atom stereocenters. The minimum Gasteiger partial charge on any atom is -0.495 e. The number of anilines is 2. The molecule has 0 saturated heterocycles. The van der Waals surface area contributed by atoms with E-state index in [0.29, 0.717) is 22.7 Å². The first-order chi connectivity index (χ1) is 9.63. The molecule has 1 aromatic heterocycles. The molecule has 100 valence electrons. The molecule has 0 bridgehead atoms. The van der Waals surface area contributed by atoms with Crippen LogP contribution in [0.15, 0.2) is 36.5 Å². The van der Waals surface area contributed by atoms with Gasteiger partial charge in [-0.2, -0.15) is 5.26 Å². The van der Waals surface area contributed by atoms with Gasteiger partial charge < -0.3 is 15.8 Å². The Kier molecular flexibility index (Phi) is 3.82. The Balaban J connectivity index is 2.26. The summed E-state index contributed by atoms with van der Waals surface area (Å²) in [6, 6.07) is 9.80. The number of nitrogen functional groups attached to an aromatic ring is 1. The van der Waals surface area contributed by atoms with Gasteiger partial charge in [0.15, 0.2) is 0 Å². The van der Waals surface area contributed by atoms with Gasteiger partial charge >= 0.3 is 0 Å². The standard InChI is InChI=1S/C14H12N4O2/c1-20-13-6-9(8-15)2-3-11(13)18-14(19)12-7-10(16)4-5-17-12/h2-7H,1H3,(H2,16,17)(H,18,19). The number of carbonyl (C=O) groups is 1. The number of nitrogens with two attached hydrogens (primary N) is 1. The number of rotatable bonds is 3. The summed E-state index contributed by atoms with van der Waals surface area (Å²) in [6.07, 6.45) is 1.46. The second kappa shape index (κ2) is 5.71. The van der Waals surface area contributed by atoms with Gasteiger partial charge in [0.25, 0.3) is 5.91 Å². The molecule has 0 aliphatic carbocycles. The summed E-state index contributed by atoms with van der Waals surface area (Å²) in [5, 5.41) is 11.5. The molecule has 0 spiro atoms. The minimum absolute atomic E-state index is 0.205. The van der Waals surface area contributed by atoms with Crippen molar-refractivity contribution in [1.82, 2.24) is 4.98 Å². The van der Waals surface area contributed by atoms with Crippen molar-refractivity contribution in [3.63, 3.8) is 0 Å². The van der Waals surface area contributed by atoms with Gasteiger partial charge in [0, 0.05) is 18.0 Å². The summed E-state index contributed by atoms with van der Waals surface area (Å²) in [6.45, 7) is 0. The number of benzene rings is 1. The van der Waals surface area contributed by atoms with Gasteiger partial charge in [-0.3, -0.25) is 9.78 Å². The molecule has 2 rings (SSSR count). The van der Waals surface area contributed by atoms with Crippen LogP contribution in [0.2, 0.25) is 0 Å². The lowest BCUT2D eigenvalue weighted by atomic mass is 10.2. The van der Waals surface area contributed by atoms with Crippen LogP contribution in [-0.2, 0) is 0 Å². The molecule has 1 amide bonds. The lowest BCUT2D eigenvalue weighted by molar-refractivity contribution is 0.102. The number of nitriles is 1. The topological polar surface area (TPSA) is 101 Å². The molecule has 0 saturated carbocycles. The largest absolute Gasteiger partial charge is 0.495 e. The third-order valence-electron chi connectivity index (χ3n) is 2.60. The fourth-order valence-electron chi connectivity index (χ4n) is 1.62. The van der Waals surface area contributed by atoms with E-state index in [1.807, 2.05) is 6.07 Å². The molecule has 3 N–H and O–H groups in total. The molecule has 1 heterocycles. The maximum Gasteiger partial charge on any atom is 0.274 e. The third kappa shape index (κ3) is 2.84. The Labute approximate surface area is 115 Å². The molecule has 0 radical (unpaired) electrons. The first-order valence-electron chi connectivity index (χ1n) is 5.75. The molecule has 6 heteroatoms. The fraction of sp³-hybridized carbons (Fsp3) is 0.0714. The van der Waals surface area contributed by atoms with E-state index in [1.165, 1.54) is 19.4 Å². The fourth-order valence-corrected chi connectivity index (χ4v) is 1.62. The van der Waals surface area contributed by atoms with Crippen LogP contribution in [0.1, 0.15) is 16.1 Å². The van der Waals surface area contributed by atoms with Gasteiger partial charge in [0.1, 0.15) is 11.4 Å². The van der Waals surface area contributed by atoms with E-state index >= 15 is 0 Å². The molecule has 2 aromatic rings. The van der Waals surface area contributed by atoms with Crippen LogP contribution >= 0.6 is 0 Å². The van der Waals surface area contributed by atoms with Gasteiger partial charge in [-0.1, -0.05) is 0 Å². The van der Waals surface area contributed by atoms with Crippen LogP contribution in [0.25, 0.3) is 0 Å². The van der Waals surface area contributed by atoms with Crippen molar-refractivity contribution in [2.75, 3.05) is 18.2 Å². The first kappa shape index (κ1) is 13.4.